The zero-order valence-corrected chi connectivity index (χ0v) is 10.3. The lowest BCUT2D eigenvalue weighted by Crippen LogP contribution is -2.40. The average Bonchev–Trinajstić information content (AvgIpc) is 2.35. The van der Waals surface area contributed by atoms with E-state index in [0.717, 1.165) is 4.57 Å². The van der Waals surface area contributed by atoms with E-state index < -0.39 is 11.2 Å². The highest BCUT2D eigenvalue weighted by molar-refractivity contribution is 5.75. The monoisotopic (exact) mass is 255 g/mol. The van der Waals surface area contributed by atoms with Crippen molar-refractivity contribution >= 4 is 5.91 Å². The van der Waals surface area contributed by atoms with E-state index in [2.05, 4.69) is 5.32 Å². The van der Waals surface area contributed by atoms with Crippen LogP contribution in [-0.4, -0.2) is 33.3 Å². The van der Waals surface area contributed by atoms with E-state index in [1.807, 2.05) is 0 Å². The molecule has 100 valence electrons. The molecule has 0 aliphatic carbocycles. The molecule has 1 aromatic heterocycles. The van der Waals surface area contributed by atoms with Gasteiger partial charge in [-0.05, 0) is 12.8 Å². The van der Waals surface area contributed by atoms with Crippen LogP contribution in [0.25, 0.3) is 0 Å². The normalized spacial score (nSPS) is 10.3. The van der Waals surface area contributed by atoms with Crippen LogP contribution in [0, 0.1) is 0 Å². The first-order valence-corrected chi connectivity index (χ1v) is 5.70. The predicted octanol–water partition coefficient (Wildman–Crippen LogP) is -1.56. The Balaban J connectivity index is 2.58. The summed E-state index contributed by atoms with van der Waals surface area (Å²) < 4.78 is 2.11. The number of nitrogens with one attached hydrogen (secondary N) is 1. The summed E-state index contributed by atoms with van der Waals surface area (Å²) in [6.07, 6.45) is 2.61. The van der Waals surface area contributed by atoms with Crippen molar-refractivity contribution in [3.63, 3.8) is 0 Å². The molecule has 1 heterocycles. The van der Waals surface area contributed by atoms with Crippen molar-refractivity contribution in [3.05, 3.63) is 33.1 Å². The first kappa shape index (κ1) is 14.2. The van der Waals surface area contributed by atoms with Gasteiger partial charge in [-0.1, -0.05) is 0 Å². The third-order valence-corrected chi connectivity index (χ3v) is 2.48. The van der Waals surface area contributed by atoms with E-state index >= 15 is 0 Å². The van der Waals surface area contributed by atoms with E-state index in [0.29, 0.717) is 19.4 Å². The molecule has 0 spiro atoms. The van der Waals surface area contributed by atoms with E-state index in [1.54, 1.807) is 0 Å². The predicted molar refractivity (Wildman–Crippen MR) is 65.3 cm³/mol. The first-order valence-electron chi connectivity index (χ1n) is 5.70. The summed E-state index contributed by atoms with van der Waals surface area (Å²) in [5.74, 6) is -0.298. The zero-order valence-electron chi connectivity index (χ0n) is 10.3. The summed E-state index contributed by atoms with van der Waals surface area (Å²) >= 11 is 0. The van der Waals surface area contributed by atoms with Crippen molar-refractivity contribution in [1.29, 1.82) is 0 Å². The average molecular weight is 255 g/mol. The fourth-order valence-corrected chi connectivity index (χ4v) is 1.41. The fourth-order valence-electron chi connectivity index (χ4n) is 1.41. The second-order valence-electron chi connectivity index (χ2n) is 3.90. The SMILES string of the molecule is Cn1c(=O)ccn(CC(=O)NCCCCO)c1=O. The van der Waals surface area contributed by atoms with Gasteiger partial charge in [0.1, 0.15) is 6.54 Å². The molecule has 0 radical (unpaired) electrons. The lowest BCUT2D eigenvalue weighted by Gasteiger charge is -2.07. The smallest absolute Gasteiger partial charge is 0.331 e. The molecule has 0 atom stereocenters. The Bertz CT molecular complexity index is 518. The number of aliphatic hydroxyl groups excluding tert-OH is 1. The molecule has 18 heavy (non-hydrogen) atoms. The van der Waals surface area contributed by atoms with Crippen LogP contribution in [0.4, 0.5) is 0 Å². The minimum atomic E-state index is -0.520. The highest BCUT2D eigenvalue weighted by Gasteiger charge is 2.05. The molecule has 2 N–H and O–H groups in total. The van der Waals surface area contributed by atoms with Crippen molar-refractivity contribution in [3.8, 4) is 0 Å². The number of amides is 1. The molecule has 0 aliphatic heterocycles. The summed E-state index contributed by atoms with van der Waals surface area (Å²) in [5.41, 5.74) is -0.924. The summed E-state index contributed by atoms with van der Waals surface area (Å²) in [6.45, 7) is 0.433. The summed E-state index contributed by atoms with van der Waals surface area (Å²) in [7, 11) is 1.36. The summed E-state index contributed by atoms with van der Waals surface area (Å²) in [5, 5.41) is 11.2. The minimum Gasteiger partial charge on any atom is -0.396 e. The maximum Gasteiger partial charge on any atom is 0.331 e. The number of carbonyl (C=O) groups excluding carboxylic acids is 1. The Morgan fingerprint density at radius 2 is 2.11 bits per heavy atom. The van der Waals surface area contributed by atoms with E-state index in [-0.39, 0.29) is 19.1 Å². The molecule has 0 saturated heterocycles. The number of carbonyl (C=O) groups is 1. The van der Waals surface area contributed by atoms with Gasteiger partial charge >= 0.3 is 5.69 Å². The van der Waals surface area contributed by atoms with Crippen LogP contribution in [-0.2, 0) is 18.4 Å². The van der Waals surface area contributed by atoms with E-state index in [1.165, 1.54) is 23.9 Å². The lowest BCUT2D eigenvalue weighted by molar-refractivity contribution is -0.121. The summed E-state index contributed by atoms with van der Waals surface area (Å²) in [6, 6.07) is 1.24. The van der Waals surface area contributed by atoms with E-state index in [9.17, 15) is 14.4 Å². The van der Waals surface area contributed by atoms with Crippen LogP contribution in [0.3, 0.4) is 0 Å². The molecule has 7 nitrogen and oxygen atoms in total. The highest BCUT2D eigenvalue weighted by Crippen LogP contribution is 1.85. The number of unbranched alkanes of at least 4 members (excludes halogenated alkanes) is 1. The van der Waals surface area contributed by atoms with Gasteiger partial charge in [-0.3, -0.25) is 18.7 Å². The Kier molecular flexibility index (Phi) is 5.31. The van der Waals surface area contributed by atoms with Crippen molar-refractivity contribution < 1.29 is 9.90 Å². The molecule has 0 aliphatic rings. The first-order chi connectivity index (χ1) is 8.56. The molecule has 1 aromatic rings. The van der Waals surface area contributed by atoms with Crippen molar-refractivity contribution in [2.24, 2.45) is 7.05 Å². The summed E-state index contributed by atoms with van der Waals surface area (Å²) in [4.78, 5) is 34.3. The Labute approximate surface area is 104 Å². The Morgan fingerprint density at radius 3 is 2.78 bits per heavy atom. The standard InChI is InChI=1S/C11H17N3O4/c1-13-10(17)4-6-14(11(13)18)8-9(16)12-5-2-3-7-15/h4,6,15H,2-3,5,7-8H2,1H3,(H,12,16). The van der Waals surface area contributed by atoms with E-state index in [4.69, 9.17) is 5.11 Å². The third kappa shape index (κ3) is 3.85. The highest BCUT2D eigenvalue weighted by atomic mass is 16.3. The van der Waals surface area contributed by atoms with Crippen molar-refractivity contribution in [2.45, 2.75) is 19.4 Å². The van der Waals surface area contributed by atoms with Crippen LogP contribution in [0.1, 0.15) is 12.8 Å². The number of hydrogen-bond donors (Lipinski definition) is 2. The van der Waals surface area contributed by atoms with Gasteiger partial charge in [0.2, 0.25) is 5.91 Å². The topological polar surface area (TPSA) is 93.3 Å². The van der Waals surface area contributed by atoms with Gasteiger partial charge in [-0.25, -0.2) is 4.79 Å². The number of aromatic nitrogens is 2. The molecule has 0 fully saturated rings. The number of aliphatic hydroxyl groups is 1. The number of nitrogens with zero attached hydrogens (tertiary/aromatic N) is 2. The Hall–Kier alpha value is -1.89. The van der Waals surface area contributed by atoms with Crippen molar-refractivity contribution in [2.75, 3.05) is 13.2 Å². The van der Waals surface area contributed by atoms with Gasteiger partial charge in [0.05, 0.1) is 0 Å². The largest absolute Gasteiger partial charge is 0.396 e. The molecular formula is C11H17N3O4. The number of rotatable bonds is 6. The van der Waals surface area contributed by atoms with Gasteiger partial charge in [-0.15, -0.1) is 0 Å². The molecule has 0 saturated carbocycles. The van der Waals surface area contributed by atoms with Crippen LogP contribution in [0.5, 0.6) is 0 Å². The van der Waals surface area contributed by atoms with Gasteiger partial charge in [0, 0.05) is 32.5 Å². The quantitative estimate of drug-likeness (QED) is 0.601. The second kappa shape index (κ2) is 6.75. The number of hydrogen-bond acceptors (Lipinski definition) is 4. The fraction of sp³-hybridized carbons (Fsp3) is 0.545. The third-order valence-electron chi connectivity index (χ3n) is 2.48. The molecule has 0 bridgehead atoms. The lowest BCUT2D eigenvalue weighted by atomic mass is 10.3. The molecule has 0 unspecified atom stereocenters. The van der Waals surface area contributed by atoms with Crippen LogP contribution in [0.15, 0.2) is 21.9 Å². The van der Waals surface area contributed by atoms with Gasteiger partial charge in [-0.2, -0.15) is 0 Å². The molecule has 0 aromatic carbocycles. The maximum atomic E-state index is 11.6. The molecule has 1 amide bonds. The van der Waals surface area contributed by atoms with Gasteiger partial charge in [0.25, 0.3) is 5.56 Å². The molecular weight excluding hydrogens is 238 g/mol. The van der Waals surface area contributed by atoms with Crippen LogP contribution >= 0.6 is 0 Å². The van der Waals surface area contributed by atoms with Crippen molar-refractivity contribution in [1.82, 2.24) is 14.5 Å². The van der Waals surface area contributed by atoms with Crippen LogP contribution in [0.2, 0.25) is 0 Å². The zero-order chi connectivity index (χ0) is 13.5. The second-order valence-corrected chi connectivity index (χ2v) is 3.90. The Morgan fingerprint density at radius 1 is 1.39 bits per heavy atom. The molecule has 7 heteroatoms. The molecule has 1 rings (SSSR count). The van der Waals surface area contributed by atoms with Gasteiger partial charge in [0.15, 0.2) is 0 Å². The van der Waals surface area contributed by atoms with Gasteiger partial charge < -0.3 is 10.4 Å². The minimum absolute atomic E-state index is 0.0934. The van der Waals surface area contributed by atoms with Crippen LogP contribution < -0.4 is 16.6 Å². The maximum absolute atomic E-state index is 11.6.